The van der Waals surface area contributed by atoms with Gasteiger partial charge in [-0.15, -0.1) is 0 Å². The zero-order valence-corrected chi connectivity index (χ0v) is 20.0. The van der Waals surface area contributed by atoms with Crippen molar-refractivity contribution in [1.29, 1.82) is 0 Å². The van der Waals surface area contributed by atoms with E-state index in [1.54, 1.807) is 6.92 Å². The Kier molecular flexibility index (Phi) is 15.9. The Labute approximate surface area is 186 Å². The van der Waals surface area contributed by atoms with Gasteiger partial charge in [0, 0.05) is 23.8 Å². The maximum Gasteiger partial charge on any atom is 0.327 e. The quantitative estimate of drug-likeness (QED) is 0.194. The molecule has 6 heteroatoms. The van der Waals surface area contributed by atoms with E-state index >= 15 is 0 Å². The molecule has 2 atom stereocenters. The van der Waals surface area contributed by atoms with E-state index in [9.17, 15) is 19.5 Å². The number of amides is 1. The summed E-state index contributed by atoms with van der Waals surface area (Å²) in [7, 11) is 0. The minimum atomic E-state index is -1.03. The first kappa shape index (κ1) is 28.2. The van der Waals surface area contributed by atoms with Gasteiger partial charge >= 0.3 is 5.97 Å². The Morgan fingerprint density at radius 1 is 0.967 bits per heavy atom. The van der Waals surface area contributed by atoms with Crippen molar-refractivity contribution < 1.29 is 19.5 Å². The van der Waals surface area contributed by atoms with Crippen LogP contribution in [0, 0.1) is 5.92 Å². The number of aliphatic carboxylic acids is 1. The number of allylic oxidation sites excluding steroid dienone is 5. The first-order valence-electron chi connectivity index (χ1n) is 10.7. The number of nitrogens with one attached hydrogen (secondary N) is 1. The van der Waals surface area contributed by atoms with Crippen LogP contribution in [0.3, 0.4) is 0 Å². The van der Waals surface area contributed by atoms with Gasteiger partial charge < -0.3 is 15.2 Å². The molecule has 0 saturated carbocycles. The standard InChI is InChI=1S/C24H39NO4S/c1-18(2)8-6-9-19(3)10-7-11-20(4)14-15-30-17-22(24(28)29)25-23(27)13-12-21(5)16-26/h8,10,14,16,21-22H,6-7,9,11-13,15,17H2,1-5H3,(H,25,27)(H,28,29)/b19-10+,20-14+/t21?,22-/m0/s1. The second-order valence-corrected chi connectivity index (χ2v) is 9.18. The number of hydrogen-bond donors (Lipinski definition) is 2. The molecular weight excluding hydrogens is 398 g/mol. The third-order valence-corrected chi connectivity index (χ3v) is 5.62. The number of thioether (sulfide) groups is 1. The highest BCUT2D eigenvalue weighted by atomic mass is 32.2. The second-order valence-electron chi connectivity index (χ2n) is 8.11. The van der Waals surface area contributed by atoms with Crippen LogP contribution in [0.25, 0.3) is 0 Å². The summed E-state index contributed by atoms with van der Waals surface area (Å²) in [5.41, 5.74) is 4.06. The summed E-state index contributed by atoms with van der Waals surface area (Å²) in [6, 6.07) is -0.908. The summed E-state index contributed by atoms with van der Waals surface area (Å²) >= 11 is 1.49. The smallest absolute Gasteiger partial charge is 0.327 e. The normalized spacial score (nSPS) is 14.0. The molecule has 1 unspecified atom stereocenters. The highest BCUT2D eigenvalue weighted by Crippen LogP contribution is 2.13. The lowest BCUT2D eigenvalue weighted by Gasteiger charge is -2.14. The van der Waals surface area contributed by atoms with Gasteiger partial charge in [-0.1, -0.05) is 41.9 Å². The summed E-state index contributed by atoms with van der Waals surface area (Å²) < 4.78 is 0. The highest BCUT2D eigenvalue weighted by Gasteiger charge is 2.19. The largest absolute Gasteiger partial charge is 0.480 e. The molecule has 0 aromatic heterocycles. The topological polar surface area (TPSA) is 83.5 Å². The van der Waals surface area contributed by atoms with Gasteiger partial charge in [0.05, 0.1) is 0 Å². The van der Waals surface area contributed by atoms with E-state index in [0.29, 0.717) is 12.2 Å². The molecule has 0 aliphatic heterocycles. The zero-order chi connectivity index (χ0) is 22.9. The number of aldehydes is 1. The Hall–Kier alpha value is -1.82. The average Bonchev–Trinajstić information content (AvgIpc) is 2.67. The van der Waals surface area contributed by atoms with Crippen molar-refractivity contribution >= 4 is 29.9 Å². The van der Waals surface area contributed by atoms with E-state index in [1.165, 1.54) is 28.5 Å². The first-order chi connectivity index (χ1) is 14.1. The summed E-state index contributed by atoms with van der Waals surface area (Å²) in [6.07, 6.45) is 12.3. The number of carboxylic acids is 1. The minimum absolute atomic E-state index is 0.161. The van der Waals surface area contributed by atoms with Crippen molar-refractivity contribution in [2.45, 2.75) is 79.2 Å². The maximum absolute atomic E-state index is 11.9. The van der Waals surface area contributed by atoms with E-state index in [2.05, 4.69) is 51.2 Å². The molecule has 0 bridgehead atoms. The van der Waals surface area contributed by atoms with E-state index in [-0.39, 0.29) is 18.2 Å². The van der Waals surface area contributed by atoms with Gasteiger partial charge in [0.25, 0.3) is 0 Å². The van der Waals surface area contributed by atoms with Gasteiger partial charge in [-0.25, -0.2) is 4.79 Å². The summed E-state index contributed by atoms with van der Waals surface area (Å²) in [5.74, 6) is -0.518. The Bertz CT molecular complexity index is 633. The molecule has 5 nitrogen and oxygen atoms in total. The number of rotatable bonds is 16. The molecule has 2 N–H and O–H groups in total. The predicted octanol–water partition coefficient (Wildman–Crippen LogP) is 5.32. The van der Waals surface area contributed by atoms with Gasteiger partial charge in [0.15, 0.2) is 0 Å². The van der Waals surface area contributed by atoms with Crippen molar-refractivity contribution in [3.63, 3.8) is 0 Å². The molecule has 0 aromatic carbocycles. The second kappa shape index (κ2) is 16.9. The zero-order valence-electron chi connectivity index (χ0n) is 19.2. The maximum atomic E-state index is 11.9. The van der Waals surface area contributed by atoms with Crippen molar-refractivity contribution in [2.75, 3.05) is 11.5 Å². The van der Waals surface area contributed by atoms with Crippen molar-refractivity contribution in [3.05, 3.63) is 34.9 Å². The van der Waals surface area contributed by atoms with Gasteiger partial charge in [-0.2, -0.15) is 11.8 Å². The lowest BCUT2D eigenvalue weighted by molar-refractivity contribution is -0.141. The Morgan fingerprint density at radius 2 is 1.57 bits per heavy atom. The summed E-state index contributed by atoms with van der Waals surface area (Å²) in [4.78, 5) is 33.8. The molecule has 170 valence electrons. The highest BCUT2D eigenvalue weighted by molar-refractivity contribution is 7.99. The fourth-order valence-electron chi connectivity index (χ4n) is 2.59. The SMILES string of the molecule is CC(C)=CCC/C(C)=C/CC/C(C)=C/CSC[C@H](NC(=O)CCC(C)C=O)C(=O)O. The van der Waals surface area contributed by atoms with E-state index in [0.717, 1.165) is 37.7 Å². The summed E-state index contributed by atoms with van der Waals surface area (Å²) in [5, 5.41) is 11.9. The third kappa shape index (κ3) is 16.0. The van der Waals surface area contributed by atoms with E-state index in [1.807, 2.05) is 0 Å². The third-order valence-electron chi connectivity index (χ3n) is 4.65. The average molecular weight is 438 g/mol. The van der Waals surface area contributed by atoms with Gasteiger partial charge in [0.1, 0.15) is 12.3 Å². The fourth-order valence-corrected chi connectivity index (χ4v) is 3.59. The van der Waals surface area contributed by atoms with Crippen LogP contribution in [0.15, 0.2) is 34.9 Å². The number of carboxylic acid groups (broad SMARTS) is 1. The lowest BCUT2D eigenvalue weighted by atomic mass is 10.1. The molecule has 1 amide bonds. The number of hydrogen-bond acceptors (Lipinski definition) is 4. The van der Waals surface area contributed by atoms with Crippen LogP contribution >= 0.6 is 11.8 Å². The van der Waals surface area contributed by atoms with Gasteiger partial charge in [0.2, 0.25) is 5.91 Å². The van der Waals surface area contributed by atoms with Crippen LogP contribution in [0.4, 0.5) is 0 Å². The molecular formula is C24H39NO4S. The molecule has 0 fully saturated rings. The van der Waals surface area contributed by atoms with Crippen LogP contribution < -0.4 is 5.32 Å². The molecule has 30 heavy (non-hydrogen) atoms. The molecule has 0 aliphatic carbocycles. The van der Waals surface area contributed by atoms with E-state index in [4.69, 9.17) is 0 Å². The Balaban J connectivity index is 4.22. The van der Waals surface area contributed by atoms with Crippen LogP contribution in [0.5, 0.6) is 0 Å². The minimum Gasteiger partial charge on any atom is -0.480 e. The Morgan fingerprint density at radius 3 is 2.13 bits per heavy atom. The van der Waals surface area contributed by atoms with Crippen molar-refractivity contribution in [2.24, 2.45) is 5.92 Å². The molecule has 0 radical (unpaired) electrons. The van der Waals surface area contributed by atoms with E-state index < -0.39 is 12.0 Å². The molecule has 0 rings (SSSR count). The van der Waals surface area contributed by atoms with Crippen LogP contribution in [0.2, 0.25) is 0 Å². The monoisotopic (exact) mass is 437 g/mol. The van der Waals surface area contributed by atoms with Gasteiger partial charge in [-0.3, -0.25) is 4.79 Å². The lowest BCUT2D eigenvalue weighted by Crippen LogP contribution is -2.42. The van der Waals surface area contributed by atoms with Crippen LogP contribution in [-0.4, -0.2) is 40.8 Å². The molecule has 0 aliphatic rings. The molecule has 0 aromatic rings. The van der Waals surface area contributed by atoms with Crippen molar-refractivity contribution in [3.8, 4) is 0 Å². The van der Waals surface area contributed by atoms with Crippen LogP contribution in [0.1, 0.15) is 73.1 Å². The van der Waals surface area contributed by atoms with Crippen molar-refractivity contribution in [1.82, 2.24) is 5.32 Å². The predicted molar refractivity (Wildman–Crippen MR) is 127 cm³/mol. The van der Waals surface area contributed by atoms with Gasteiger partial charge in [-0.05, 0) is 59.8 Å². The summed E-state index contributed by atoms with van der Waals surface area (Å²) in [6.45, 7) is 10.2. The number of carbonyl (C=O) groups is 3. The molecule has 0 spiro atoms. The molecule has 0 saturated heterocycles. The number of carbonyl (C=O) groups excluding carboxylic acids is 2. The fraction of sp³-hybridized carbons (Fsp3) is 0.625. The van der Waals surface area contributed by atoms with Crippen LogP contribution in [-0.2, 0) is 14.4 Å². The first-order valence-corrected chi connectivity index (χ1v) is 11.8. The molecule has 0 heterocycles.